The monoisotopic (exact) mass is 271 g/mol. The van der Waals surface area contributed by atoms with E-state index in [2.05, 4.69) is 19.2 Å². The molecule has 0 aromatic rings. The van der Waals surface area contributed by atoms with Crippen LogP contribution in [0.25, 0.3) is 0 Å². The number of hydrogen-bond acceptors (Lipinski definition) is 3. The highest BCUT2D eigenvalue weighted by Crippen LogP contribution is 2.26. The van der Waals surface area contributed by atoms with Gasteiger partial charge in [0.1, 0.15) is 0 Å². The molecule has 2 N–H and O–H groups in total. The number of nitrogens with one attached hydrogen (secondary N) is 1. The van der Waals surface area contributed by atoms with Gasteiger partial charge in [0.25, 0.3) is 0 Å². The first-order chi connectivity index (χ1) is 9.24. The summed E-state index contributed by atoms with van der Waals surface area (Å²) in [6.45, 7) is 6.64. The Balaban J connectivity index is 1.96. The molecule has 0 radical (unpaired) electrons. The van der Waals surface area contributed by atoms with Gasteiger partial charge in [-0.15, -0.1) is 0 Å². The second kappa shape index (κ2) is 10.6. The van der Waals surface area contributed by atoms with Crippen molar-refractivity contribution in [2.24, 2.45) is 5.92 Å². The molecule has 0 aliphatic heterocycles. The highest BCUT2D eigenvalue weighted by Gasteiger charge is 2.22. The first kappa shape index (κ1) is 16.9. The molecular weight excluding hydrogens is 238 g/mol. The molecule has 1 fully saturated rings. The van der Waals surface area contributed by atoms with E-state index in [0.29, 0.717) is 25.2 Å². The zero-order chi connectivity index (χ0) is 13.9. The van der Waals surface area contributed by atoms with Crippen LogP contribution in [0.15, 0.2) is 0 Å². The molecule has 1 aliphatic rings. The fourth-order valence-corrected chi connectivity index (χ4v) is 2.77. The van der Waals surface area contributed by atoms with E-state index in [4.69, 9.17) is 4.74 Å². The minimum Gasteiger partial charge on any atom is -0.389 e. The summed E-state index contributed by atoms with van der Waals surface area (Å²) in [6, 6.07) is 0. The molecule has 0 heterocycles. The smallest absolute Gasteiger partial charge is 0.0897 e. The lowest BCUT2D eigenvalue weighted by Gasteiger charge is -2.29. The Hall–Kier alpha value is -0.120. The van der Waals surface area contributed by atoms with Gasteiger partial charge in [0.05, 0.1) is 18.8 Å². The van der Waals surface area contributed by atoms with Gasteiger partial charge in [0.15, 0.2) is 0 Å². The highest BCUT2D eigenvalue weighted by atomic mass is 16.5. The Labute approximate surface area is 119 Å². The van der Waals surface area contributed by atoms with Gasteiger partial charge in [-0.05, 0) is 31.7 Å². The van der Waals surface area contributed by atoms with Crippen LogP contribution in [-0.4, -0.2) is 37.0 Å². The fourth-order valence-electron chi connectivity index (χ4n) is 2.77. The van der Waals surface area contributed by atoms with Crippen molar-refractivity contribution in [1.82, 2.24) is 5.32 Å². The number of unbranched alkanes of at least 4 members (excludes halogenated alkanes) is 3. The minimum absolute atomic E-state index is 0.361. The second-order valence-corrected chi connectivity index (χ2v) is 6.05. The maximum atomic E-state index is 9.88. The van der Waals surface area contributed by atoms with E-state index in [9.17, 15) is 5.11 Å². The molecule has 0 aromatic heterocycles. The molecule has 3 atom stereocenters. The quantitative estimate of drug-likeness (QED) is 0.600. The topological polar surface area (TPSA) is 41.5 Å². The molecule has 1 saturated carbocycles. The van der Waals surface area contributed by atoms with Crippen molar-refractivity contribution >= 4 is 0 Å². The van der Waals surface area contributed by atoms with Gasteiger partial charge < -0.3 is 15.2 Å². The Bertz CT molecular complexity index is 211. The van der Waals surface area contributed by atoms with Gasteiger partial charge in [-0.1, -0.05) is 46.0 Å². The van der Waals surface area contributed by atoms with Crippen LogP contribution in [0.1, 0.15) is 65.2 Å². The molecule has 0 aromatic carbocycles. The van der Waals surface area contributed by atoms with Crippen LogP contribution >= 0.6 is 0 Å². The Kier molecular flexibility index (Phi) is 9.48. The molecule has 0 amide bonds. The molecule has 0 unspecified atom stereocenters. The van der Waals surface area contributed by atoms with Crippen LogP contribution in [0.4, 0.5) is 0 Å². The molecular formula is C16H33NO2. The predicted molar refractivity (Wildman–Crippen MR) is 80.4 cm³/mol. The third kappa shape index (κ3) is 7.91. The van der Waals surface area contributed by atoms with Gasteiger partial charge in [0.2, 0.25) is 0 Å². The molecule has 114 valence electrons. The summed E-state index contributed by atoms with van der Waals surface area (Å²) in [6.07, 6.45) is 10.1. The second-order valence-electron chi connectivity index (χ2n) is 6.05. The molecule has 3 nitrogen and oxygen atoms in total. The van der Waals surface area contributed by atoms with Crippen LogP contribution in [0.3, 0.4) is 0 Å². The Morgan fingerprint density at radius 2 is 2.00 bits per heavy atom. The van der Waals surface area contributed by atoms with Crippen molar-refractivity contribution in [2.75, 3.05) is 19.7 Å². The molecule has 1 aliphatic carbocycles. The van der Waals surface area contributed by atoms with Crippen molar-refractivity contribution in [2.45, 2.75) is 77.4 Å². The van der Waals surface area contributed by atoms with E-state index in [1.54, 1.807) is 0 Å². The van der Waals surface area contributed by atoms with E-state index in [-0.39, 0.29) is 6.10 Å². The fraction of sp³-hybridized carbons (Fsp3) is 1.00. The summed E-state index contributed by atoms with van der Waals surface area (Å²) >= 11 is 0. The average Bonchev–Trinajstić information content (AvgIpc) is 2.42. The Morgan fingerprint density at radius 1 is 1.21 bits per heavy atom. The van der Waals surface area contributed by atoms with Gasteiger partial charge in [-0.2, -0.15) is 0 Å². The zero-order valence-corrected chi connectivity index (χ0v) is 12.9. The number of rotatable bonds is 10. The van der Waals surface area contributed by atoms with E-state index in [1.807, 2.05) is 0 Å². The molecule has 1 rings (SSSR count). The third-order valence-electron chi connectivity index (χ3n) is 4.12. The normalized spacial score (nSPS) is 25.4. The maximum Gasteiger partial charge on any atom is 0.0897 e. The molecule has 19 heavy (non-hydrogen) atoms. The van der Waals surface area contributed by atoms with Crippen molar-refractivity contribution in [3.8, 4) is 0 Å². The first-order valence-electron chi connectivity index (χ1n) is 8.24. The largest absolute Gasteiger partial charge is 0.389 e. The SMILES string of the molecule is CCCCCCNC[C@H](O)CO[C@H]1CCCC[C@@H]1C. The molecule has 0 bridgehead atoms. The number of ether oxygens (including phenoxy) is 1. The molecule has 0 spiro atoms. The Morgan fingerprint density at radius 3 is 2.74 bits per heavy atom. The predicted octanol–water partition coefficient (Wildman–Crippen LogP) is 3.11. The minimum atomic E-state index is -0.361. The van der Waals surface area contributed by atoms with Gasteiger partial charge >= 0.3 is 0 Å². The summed E-state index contributed by atoms with van der Waals surface area (Å²) in [5, 5.41) is 13.2. The van der Waals surface area contributed by atoms with Gasteiger partial charge in [0, 0.05) is 6.54 Å². The molecule has 3 heteroatoms. The third-order valence-corrected chi connectivity index (χ3v) is 4.12. The summed E-state index contributed by atoms with van der Waals surface area (Å²) in [7, 11) is 0. The average molecular weight is 271 g/mol. The number of aliphatic hydroxyl groups is 1. The summed E-state index contributed by atoms with van der Waals surface area (Å²) < 4.78 is 5.86. The van der Waals surface area contributed by atoms with Crippen molar-refractivity contribution < 1.29 is 9.84 Å². The summed E-state index contributed by atoms with van der Waals surface area (Å²) in [4.78, 5) is 0. The summed E-state index contributed by atoms with van der Waals surface area (Å²) in [5.41, 5.74) is 0. The van der Waals surface area contributed by atoms with Crippen LogP contribution in [-0.2, 0) is 4.74 Å². The standard InChI is InChI=1S/C16H33NO2/c1-3-4-5-8-11-17-12-15(18)13-19-16-10-7-6-9-14(16)2/h14-18H,3-13H2,1-2H3/t14-,15-,16-/m0/s1. The van der Waals surface area contributed by atoms with Crippen molar-refractivity contribution in [3.63, 3.8) is 0 Å². The van der Waals surface area contributed by atoms with Gasteiger partial charge in [-0.25, -0.2) is 0 Å². The first-order valence-corrected chi connectivity index (χ1v) is 8.24. The highest BCUT2D eigenvalue weighted by molar-refractivity contribution is 4.73. The number of hydrogen-bond donors (Lipinski definition) is 2. The van der Waals surface area contributed by atoms with E-state index in [0.717, 1.165) is 6.54 Å². The van der Waals surface area contributed by atoms with E-state index >= 15 is 0 Å². The van der Waals surface area contributed by atoms with E-state index < -0.39 is 0 Å². The van der Waals surface area contributed by atoms with Crippen LogP contribution in [0.5, 0.6) is 0 Å². The van der Waals surface area contributed by atoms with Crippen LogP contribution in [0, 0.1) is 5.92 Å². The van der Waals surface area contributed by atoms with Crippen LogP contribution in [0.2, 0.25) is 0 Å². The zero-order valence-electron chi connectivity index (χ0n) is 12.9. The number of aliphatic hydroxyl groups excluding tert-OH is 1. The van der Waals surface area contributed by atoms with Crippen molar-refractivity contribution in [3.05, 3.63) is 0 Å². The van der Waals surface area contributed by atoms with Crippen molar-refractivity contribution in [1.29, 1.82) is 0 Å². The lowest BCUT2D eigenvalue weighted by atomic mass is 9.88. The summed E-state index contributed by atoms with van der Waals surface area (Å²) in [5.74, 6) is 0.656. The molecule has 0 saturated heterocycles. The lowest BCUT2D eigenvalue weighted by molar-refractivity contribution is -0.0451. The van der Waals surface area contributed by atoms with Crippen LogP contribution < -0.4 is 5.32 Å². The lowest BCUT2D eigenvalue weighted by Crippen LogP contribution is -2.34. The van der Waals surface area contributed by atoms with Gasteiger partial charge in [-0.3, -0.25) is 0 Å². The van der Waals surface area contributed by atoms with E-state index in [1.165, 1.54) is 51.4 Å². The maximum absolute atomic E-state index is 9.88.